The van der Waals surface area contributed by atoms with Crippen LogP contribution in [0.3, 0.4) is 0 Å². The summed E-state index contributed by atoms with van der Waals surface area (Å²) in [5, 5.41) is 9.97. The average Bonchev–Trinajstić information content (AvgIpc) is 2.64. The molecule has 1 atom stereocenters. The topological polar surface area (TPSA) is 20.2 Å². The van der Waals surface area contributed by atoms with Gasteiger partial charge in [0, 0.05) is 0 Å². The molecule has 1 N–H and O–H groups in total. The first-order chi connectivity index (χ1) is 11.8. The van der Waals surface area contributed by atoms with Crippen LogP contribution in [-0.2, 0) is 0 Å². The molecule has 0 aromatic carbocycles. The summed E-state index contributed by atoms with van der Waals surface area (Å²) < 4.78 is 0. The molecule has 3 aliphatic rings. The van der Waals surface area contributed by atoms with Crippen molar-refractivity contribution in [3.63, 3.8) is 0 Å². The highest BCUT2D eigenvalue weighted by molar-refractivity contribution is 4.90. The molecule has 0 aliphatic heterocycles. The predicted octanol–water partition coefficient (Wildman–Crippen LogP) is 6.73. The van der Waals surface area contributed by atoms with E-state index in [0.717, 1.165) is 42.4 Å². The average molecular weight is 335 g/mol. The number of aliphatic hydroxyl groups excluding tert-OH is 1. The van der Waals surface area contributed by atoms with E-state index < -0.39 is 0 Å². The van der Waals surface area contributed by atoms with Crippen LogP contribution in [0, 0.1) is 29.6 Å². The second-order valence-corrected chi connectivity index (χ2v) is 9.39. The predicted molar refractivity (Wildman–Crippen MR) is 103 cm³/mol. The van der Waals surface area contributed by atoms with E-state index in [4.69, 9.17) is 0 Å². The second kappa shape index (κ2) is 9.60. The van der Waals surface area contributed by atoms with Crippen molar-refractivity contribution in [1.29, 1.82) is 0 Å². The quantitative estimate of drug-likeness (QED) is 0.571. The highest BCUT2D eigenvalue weighted by Gasteiger charge is 2.40. The fourth-order valence-electron chi connectivity index (χ4n) is 6.73. The molecule has 1 unspecified atom stereocenters. The van der Waals surface area contributed by atoms with Crippen LogP contribution in [0.2, 0.25) is 0 Å². The molecule has 24 heavy (non-hydrogen) atoms. The summed E-state index contributed by atoms with van der Waals surface area (Å²) in [6.45, 7) is 2.41. The molecule has 0 amide bonds. The van der Waals surface area contributed by atoms with Crippen molar-refractivity contribution < 1.29 is 5.11 Å². The van der Waals surface area contributed by atoms with Gasteiger partial charge in [0.25, 0.3) is 0 Å². The Morgan fingerprint density at radius 2 is 1.17 bits per heavy atom. The summed E-state index contributed by atoms with van der Waals surface area (Å²) in [6.07, 6.45) is 22.6. The lowest BCUT2D eigenvalue weighted by Gasteiger charge is -2.46. The van der Waals surface area contributed by atoms with Gasteiger partial charge in [-0.05, 0) is 55.3 Å². The Morgan fingerprint density at radius 3 is 1.62 bits per heavy atom. The number of hydrogen-bond acceptors (Lipinski definition) is 1. The van der Waals surface area contributed by atoms with E-state index in [1.165, 1.54) is 89.9 Å². The van der Waals surface area contributed by atoms with Crippen molar-refractivity contribution in [2.75, 3.05) is 0 Å². The molecule has 0 radical (unpaired) electrons. The minimum atomic E-state index is 0.00587. The van der Waals surface area contributed by atoms with Crippen molar-refractivity contribution in [2.24, 2.45) is 29.6 Å². The van der Waals surface area contributed by atoms with Crippen LogP contribution in [0.25, 0.3) is 0 Å². The minimum Gasteiger partial charge on any atom is -0.393 e. The van der Waals surface area contributed by atoms with Gasteiger partial charge in [-0.3, -0.25) is 0 Å². The molecular weight excluding hydrogens is 292 g/mol. The van der Waals surface area contributed by atoms with E-state index in [1.807, 2.05) is 0 Å². The third-order valence-electron chi connectivity index (χ3n) is 7.85. The molecule has 0 aromatic heterocycles. The molecule has 140 valence electrons. The summed E-state index contributed by atoms with van der Waals surface area (Å²) in [6, 6.07) is 0. The molecule has 0 spiro atoms. The maximum atomic E-state index is 9.97. The normalized spacial score (nSPS) is 32.1. The lowest BCUT2D eigenvalue weighted by atomic mass is 9.59. The van der Waals surface area contributed by atoms with Crippen molar-refractivity contribution in [3.05, 3.63) is 0 Å². The van der Waals surface area contributed by atoms with Gasteiger partial charge in [-0.2, -0.15) is 0 Å². The van der Waals surface area contributed by atoms with Crippen LogP contribution >= 0.6 is 0 Å². The van der Waals surface area contributed by atoms with E-state index >= 15 is 0 Å². The van der Waals surface area contributed by atoms with Crippen molar-refractivity contribution >= 4 is 0 Å². The first kappa shape index (κ1) is 18.7. The monoisotopic (exact) mass is 334 g/mol. The van der Waals surface area contributed by atoms with Crippen molar-refractivity contribution in [3.8, 4) is 0 Å². The lowest BCUT2D eigenvalue weighted by molar-refractivity contribution is 0.0185. The van der Waals surface area contributed by atoms with Gasteiger partial charge in [-0.25, -0.2) is 0 Å². The second-order valence-electron chi connectivity index (χ2n) is 9.39. The summed E-state index contributed by atoms with van der Waals surface area (Å²) in [4.78, 5) is 0. The summed E-state index contributed by atoms with van der Waals surface area (Å²) in [5.74, 6) is 4.97. The van der Waals surface area contributed by atoms with E-state index in [9.17, 15) is 5.11 Å². The molecule has 0 bridgehead atoms. The summed E-state index contributed by atoms with van der Waals surface area (Å²) in [7, 11) is 0. The fraction of sp³-hybridized carbons (Fsp3) is 1.00. The largest absolute Gasteiger partial charge is 0.393 e. The molecule has 3 fully saturated rings. The molecule has 3 rings (SSSR count). The standard InChI is InChI=1S/C23H42O/c1-2-9-22(18-14-16-21(24)17-15-18)23(19-10-5-3-6-11-19)20-12-7-4-8-13-20/h18-24H,2-17H2,1H3. The Bertz CT molecular complexity index is 314. The Morgan fingerprint density at radius 1 is 0.667 bits per heavy atom. The van der Waals surface area contributed by atoms with Crippen LogP contribution in [-0.4, -0.2) is 11.2 Å². The first-order valence-corrected chi connectivity index (χ1v) is 11.5. The third-order valence-corrected chi connectivity index (χ3v) is 7.85. The van der Waals surface area contributed by atoms with Gasteiger partial charge in [-0.15, -0.1) is 0 Å². The highest BCUT2D eigenvalue weighted by Crippen LogP contribution is 2.49. The van der Waals surface area contributed by atoms with Gasteiger partial charge in [0.15, 0.2) is 0 Å². The zero-order valence-electron chi connectivity index (χ0n) is 16.2. The SMILES string of the molecule is CCCC(C1CCC(O)CC1)C(C1CCCCC1)C1CCCCC1. The van der Waals surface area contributed by atoms with E-state index in [-0.39, 0.29) is 6.10 Å². The molecule has 0 heterocycles. The maximum absolute atomic E-state index is 9.97. The molecule has 0 saturated heterocycles. The highest BCUT2D eigenvalue weighted by atomic mass is 16.3. The number of aliphatic hydroxyl groups is 1. The van der Waals surface area contributed by atoms with Gasteiger partial charge < -0.3 is 5.11 Å². The lowest BCUT2D eigenvalue weighted by Crippen LogP contribution is -2.38. The molecule has 3 saturated carbocycles. The van der Waals surface area contributed by atoms with Crippen molar-refractivity contribution in [2.45, 2.75) is 116 Å². The maximum Gasteiger partial charge on any atom is 0.0540 e. The van der Waals surface area contributed by atoms with Gasteiger partial charge in [0.2, 0.25) is 0 Å². The first-order valence-electron chi connectivity index (χ1n) is 11.5. The Kier molecular flexibility index (Phi) is 7.50. The van der Waals surface area contributed by atoms with Crippen molar-refractivity contribution in [1.82, 2.24) is 0 Å². The van der Waals surface area contributed by atoms with Gasteiger partial charge in [-0.1, -0.05) is 84.0 Å². The fourth-order valence-corrected chi connectivity index (χ4v) is 6.73. The zero-order valence-corrected chi connectivity index (χ0v) is 16.2. The minimum absolute atomic E-state index is 0.00587. The molecular formula is C23H42O. The van der Waals surface area contributed by atoms with Crippen LogP contribution in [0.1, 0.15) is 110 Å². The van der Waals surface area contributed by atoms with Crippen LogP contribution in [0.15, 0.2) is 0 Å². The third kappa shape index (κ3) is 4.77. The molecule has 3 aliphatic carbocycles. The molecule has 1 nitrogen and oxygen atoms in total. The number of hydrogen-bond donors (Lipinski definition) is 1. The summed E-state index contributed by atoms with van der Waals surface area (Å²) >= 11 is 0. The molecule has 1 heteroatoms. The Hall–Kier alpha value is -0.0400. The van der Waals surface area contributed by atoms with E-state index in [2.05, 4.69) is 6.92 Å². The number of rotatable bonds is 6. The Balaban J connectivity index is 1.76. The smallest absolute Gasteiger partial charge is 0.0540 e. The van der Waals surface area contributed by atoms with Crippen LogP contribution < -0.4 is 0 Å². The van der Waals surface area contributed by atoms with E-state index in [1.54, 1.807) is 0 Å². The van der Waals surface area contributed by atoms with Crippen LogP contribution in [0.4, 0.5) is 0 Å². The van der Waals surface area contributed by atoms with Crippen LogP contribution in [0.5, 0.6) is 0 Å². The van der Waals surface area contributed by atoms with Gasteiger partial charge >= 0.3 is 0 Å². The zero-order chi connectivity index (χ0) is 16.8. The molecule has 0 aromatic rings. The summed E-state index contributed by atoms with van der Waals surface area (Å²) in [5.41, 5.74) is 0. The van der Waals surface area contributed by atoms with Gasteiger partial charge in [0.05, 0.1) is 6.10 Å². The Labute approximate surface area is 151 Å². The van der Waals surface area contributed by atoms with E-state index in [0.29, 0.717) is 0 Å². The van der Waals surface area contributed by atoms with Gasteiger partial charge in [0.1, 0.15) is 0 Å².